The number of rotatable bonds is 4. The summed E-state index contributed by atoms with van der Waals surface area (Å²) in [5.41, 5.74) is 0. The summed E-state index contributed by atoms with van der Waals surface area (Å²) in [5.74, 6) is 0.223. The van der Waals surface area contributed by atoms with Crippen LogP contribution in [0.4, 0.5) is 4.39 Å². The summed E-state index contributed by atoms with van der Waals surface area (Å²) < 4.78 is 18.1. The van der Waals surface area contributed by atoms with Gasteiger partial charge in [0.05, 0.1) is 0 Å². The number of carbonyl (C=O) groups excluding carboxylic acids is 1. The first-order valence-corrected chi connectivity index (χ1v) is 7.12. The molecule has 2 aliphatic rings. The highest BCUT2D eigenvalue weighted by atomic mass is 19.1. The molecule has 2 heterocycles. The first-order chi connectivity index (χ1) is 9.72. The van der Waals surface area contributed by atoms with E-state index in [2.05, 4.69) is 4.90 Å². The predicted octanol–water partition coefficient (Wildman–Crippen LogP) is 1.51. The highest BCUT2D eigenvalue weighted by Crippen LogP contribution is 2.20. The van der Waals surface area contributed by atoms with Gasteiger partial charge in [0, 0.05) is 19.1 Å². The molecule has 0 aliphatic carbocycles. The maximum Gasteiger partial charge on any atom is 0.260 e. The van der Waals surface area contributed by atoms with Gasteiger partial charge in [-0.15, -0.1) is 0 Å². The molecule has 0 bridgehead atoms. The van der Waals surface area contributed by atoms with E-state index in [4.69, 9.17) is 4.74 Å². The molecule has 20 heavy (non-hydrogen) atoms. The number of hydrogen-bond acceptors (Lipinski definition) is 3. The molecule has 0 radical (unpaired) electrons. The minimum Gasteiger partial charge on any atom is -0.484 e. The van der Waals surface area contributed by atoms with Gasteiger partial charge in [-0.25, -0.2) is 4.39 Å². The van der Waals surface area contributed by atoms with Crippen LogP contribution in [0.3, 0.4) is 0 Å². The third-order valence-electron chi connectivity index (χ3n) is 4.05. The van der Waals surface area contributed by atoms with Crippen LogP contribution in [0.2, 0.25) is 0 Å². The first-order valence-electron chi connectivity index (χ1n) is 7.12. The number of carbonyl (C=O) groups is 1. The van der Waals surface area contributed by atoms with Gasteiger partial charge < -0.3 is 9.64 Å². The second kappa shape index (κ2) is 5.79. The fraction of sp³-hybridized carbons (Fsp3) is 0.533. The van der Waals surface area contributed by atoms with Crippen molar-refractivity contribution >= 4 is 5.91 Å². The zero-order valence-electron chi connectivity index (χ0n) is 11.4. The Balaban J connectivity index is 1.41. The Hall–Kier alpha value is -1.62. The minimum absolute atomic E-state index is 0.00442. The highest BCUT2D eigenvalue weighted by molar-refractivity contribution is 5.78. The quantitative estimate of drug-likeness (QED) is 0.837. The van der Waals surface area contributed by atoms with Gasteiger partial charge in [-0.3, -0.25) is 9.69 Å². The van der Waals surface area contributed by atoms with Crippen molar-refractivity contribution in [1.82, 2.24) is 9.80 Å². The van der Waals surface area contributed by atoms with Gasteiger partial charge in [0.25, 0.3) is 5.91 Å². The molecule has 108 valence electrons. The predicted molar refractivity (Wildman–Crippen MR) is 73.1 cm³/mol. The van der Waals surface area contributed by atoms with Crippen LogP contribution in [0.25, 0.3) is 0 Å². The largest absolute Gasteiger partial charge is 0.484 e. The van der Waals surface area contributed by atoms with Crippen molar-refractivity contribution in [2.45, 2.75) is 18.9 Å². The monoisotopic (exact) mass is 278 g/mol. The highest BCUT2D eigenvalue weighted by Gasteiger charge is 2.35. The third kappa shape index (κ3) is 2.93. The Bertz CT molecular complexity index is 465. The molecule has 1 aromatic rings. The second-order valence-electron chi connectivity index (χ2n) is 5.44. The lowest BCUT2D eigenvalue weighted by molar-refractivity contribution is -0.140. The summed E-state index contributed by atoms with van der Waals surface area (Å²) >= 11 is 0. The van der Waals surface area contributed by atoms with Gasteiger partial charge in [0.1, 0.15) is 11.6 Å². The molecule has 2 saturated heterocycles. The van der Waals surface area contributed by atoms with Gasteiger partial charge in [0.2, 0.25) is 0 Å². The van der Waals surface area contributed by atoms with Crippen LogP contribution in [0, 0.1) is 5.82 Å². The van der Waals surface area contributed by atoms with E-state index in [1.807, 2.05) is 4.90 Å². The number of benzene rings is 1. The van der Waals surface area contributed by atoms with Crippen LogP contribution in [-0.4, -0.2) is 54.5 Å². The standard InChI is InChI=1S/C15H19FN2O2/c16-12-3-5-14(6-4-12)20-11-15(19)18-9-13(10-18)17-7-1-2-8-17/h3-6,13H,1-2,7-11H2. The molecule has 1 amide bonds. The number of amides is 1. The number of halogens is 1. The zero-order valence-corrected chi connectivity index (χ0v) is 11.4. The Morgan fingerprint density at radius 3 is 2.50 bits per heavy atom. The van der Waals surface area contributed by atoms with E-state index in [-0.39, 0.29) is 18.3 Å². The minimum atomic E-state index is -0.306. The molecule has 0 aromatic heterocycles. The van der Waals surface area contributed by atoms with Gasteiger partial charge in [-0.1, -0.05) is 0 Å². The Morgan fingerprint density at radius 2 is 1.85 bits per heavy atom. The normalized spacial score (nSPS) is 19.9. The molecule has 5 heteroatoms. The molecule has 0 atom stereocenters. The SMILES string of the molecule is O=C(COc1ccc(F)cc1)N1CC(N2CCCC2)C1. The van der Waals surface area contributed by atoms with Crippen molar-refractivity contribution in [2.24, 2.45) is 0 Å². The molecular weight excluding hydrogens is 259 g/mol. The van der Waals surface area contributed by atoms with Crippen molar-refractivity contribution in [3.05, 3.63) is 30.1 Å². The summed E-state index contributed by atoms with van der Waals surface area (Å²) in [6, 6.07) is 6.25. The van der Waals surface area contributed by atoms with Crippen LogP contribution in [-0.2, 0) is 4.79 Å². The second-order valence-corrected chi connectivity index (χ2v) is 5.44. The molecule has 2 aliphatic heterocycles. The molecule has 1 aromatic carbocycles. The van der Waals surface area contributed by atoms with Crippen LogP contribution in [0.15, 0.2) is 24.3 Å². The summed E-state index contributed by atoms with van der Waals surface area (Å²) in [5, 5.41) is 0. The van der Waals surface area contributed by atoms with E-state index in [9.17, 15) is 9.18 Å². The Labute approximate surface area is 118 Å². The molecular formula is C15H19FN2O2. The number of ether oxygens (including phenoxy) is 1. The average molecular weight is 278 g/mol. The van der Waals surface area contributed by atoms with Crippen molar-refractivity contribution < 1.29 is 13.9 Å². The summed E-state index contributed by atoms with van der Waals surface area (Å²) in [7, 11) is 0. The Kier molecular flexibility index (Phi) is 3.87. The lowest BCUT2D eigenvalue weighted by atomic mass is 10.1. The lowest BCUT2D eigenvalue weighted by Gasteiger charge is -2.43. The van der Waals surface area contributed by atoms with E-state index in [0.29, 0.717) is 11.8 Å². The summed E-state index contributed by atoms with van der Waals surface area (Å²) in [6.45, 7) is 3.98. The van der Waals surface area contributed by atoms with E-state index in [1.54, 1.807) is 0 Å². The molecule has 0 saturated carbocycles. The topological polar surface area (TPSA) is 32.8 Å². The van der Waals surface area contributed by atoms with Gasteiger partial charge in [-0.2, -0.15) is 0 Å². The molecule has 3 rings (SSSR count). The Morgan fingerprint density at radius 1 is 1.20 bits per heavy atom. The zero-order chi connectivity index (χ0) is 13.9. The van der Waals surface area contributed by atoms with Crippen molar-refractivity contribution in [1.29, 1.82) is 0 Å². The fourth-order valence-electron chi connectivity index (χ4n) is 2.76. The summed E-state index contributed by atoms with van der Waals surface area (Å²) in [6.07, 6.45) is 2.55. The van der Waals surface area contributed by atoms with Gasteiger partial charge in [-0.05, 0) is 50.2 Å². The molecule has 2 fully saturated rings. The third-order valence-corrected chi connectivity index (χ3v) is 4.05. The maximum atomic E-state index is 12.7. The van der Waals surface area contributed by atoms with Gasteiger partial charge in [0.15, 0.2) is 6.61 Å². The van der Waals surface area contributed by atoms with Crippen molar-refractivity contribution in [2.75, 3.05) is 32.8 Å². The number of likely N-dealkylation sites (tertiary alicyclic amines) is 2. The number of hydrogen-bond donors (Lipinski definition) is 0. The molecule has 4 nitrogen and oxygen atoms in total. The molecule has 0 unspecified atom stereocenters. The average Bonchev–Trinajstić information content (AvgIpc) is 2.90. The van der Waals surface area contributed by atoms with Crippen LogP contribution in [0.1, 0.15) is 12.8 Å². The maximum absolute atomic E-state index is 12.7. The van der Waals surface area contributed by atoms with Crippen LogP contribution >= 0.6 is 0 Å². The molecule has 0 spiro atoms. The fourth-order valence-corrected chi connectivity index (χ4v) is 2.76. The summed E-state index contributed by atoms with van der Waals surface area (Å²) in [4.78, 5) is 16.2. The van der Waals surface area contributed by atoms with Crippen molar-refractivity contribution in [3.63, 3.8) is 0 Å². The van der Waals surface area contributed by atoms with Crippen LogP contribution < -0.4 is 4.74 Å². The van der Waals surface area contributed by atoms with E-state index >= 15 is 0 Å². The lowest BCUT2D eigenvalue weighted by Crippen LogP contribution is -2.61. The van der Waals surface area contributed by atoms with Gasteiger partial charge >= 0.3 is 0 Å². The van der Waals surface area contributed by atoms with E-state index in [0.717, 1.165) is 13.1 Å². The smallest absolute Gasteiger partial charge is 0.260 e. The first kappa shape index (κ1) is 13.4. The van der Waals surface area contributed by atoms with E-state index in [1.165, 1.54) is 50.2 Å². The van der Waals surface area contributed by atoms with Crippen molar-refractivity contribution in [3.8, 4) is 5.75 Å². The van der Waals surface area contributed by atoms with Crippen LogP contribution in [0.5, 0.6) is 5.75 Å². The number of nitrogens with zero attached hydrogens (tertiary/aromatic N) is 2. The van der Waals surface area contributed by atoms with E-state index < -0.39 is 0 Å². The molecule has 0 N–H and O–H groups in total.